The standard InChI is InChI=1S/C14H20BrNO2/c15-13-6-2-1-5-12(13)14(18)9-16-7-3-4-11(8-16)10-17/h1-2,5-6,11,14,17-18H,3-4,7-10H2. The summed E-state index contributed by atoms with van der Waals surface area (Å²) in [6, 6.07) is 7.78. The van der Waals surface area contributed by atoms with Crippen molar-refractivity contribution in [3.63, 3.8) is 0 Å². The summed E-state index contributed by atoms with van der Waals surface area (Å²) in [5.74, 6) is 0.366. The molecular weight excluding hydrogens is 294 g/mol. The molecule has 1 aliphatic rings. The molecule has 2 N–H and O–H groups in total. The van der Waals surface area contributed by atoms with Crippen LogP contribution in [0.5, 0.6) is 0 Å². The van der Waals surface area contributed by atoms with E-state index in [1.54, 1.807) is 0 Å². The molecule has 1 aromatic rings. The zero-order valence-electron chi connectivity index (χ0n) is 10.4. The van der Waals surface area contributed by atoms with Gasteiger partial charge in [0.1, 0.15) is 0 Å². The average Bonchev–Trinajstić information content (AvgIpc) is 2.39. The number of benzene rings is 1. The summed E-state index contributed by atoms with van der Waals surface area (Å²) in [6.07, 6.45) is 1.73. The maximum Gasteiger partial charge on any atom is 0.0927 e. The minimum atomic E-state index is -0.474. The van der Waals surface area contributed by atoms with Crippen molar-refractivity contribution in [2.75, 3.05) is 26.2 Å². The molecule has 1 aromatic carbocycles. The van der Waals surface area contributed by atoms with Gasteiger partial charge in [-0.2, -0.15) is 0 Å². The van der Waals surface area contributed by atoms with Crippen molar-refractivity contribution in [1.82, 2.24) is 4.90 Å². The van der Waals surface area contributed by atoms with Crippen molar-refractivity contribution in [2.24, 2.45) is 5.92 Å². The molecule has 0 aliphatic carbocycles. The van der Waals surface area contributed by atoms with Crippen LogP contribution in [0.3, 0.4) is 0 Å². The van der Waals surface area contributed by atoms with Crippen LogP contribution < -0.4 is 0 Å². The Morgan fingerprint density at radius 1 is 1.39 bits per heavy atom. The molecule has 100 valence electrons. The molecule has 18 heavy (non-hydrogen) atoms. The number of likely N-dealkylation sites (tertiary alicyclic amines) is 1. The number of β-amino-alcohol motifs (C(OH)–C–C–N with tert-alkyl or cyclic N) is 1. The van der Waals surface area contributed by atoms with Crippen molar-refractivity contribution in [2.45, 2.75) is 18.9 Å². The summed E-state index contributed by atoms with van der Waals surface area (Å²) in [5.41, 5.74) is 0.934. The first-order chi connectivity index (χ1) is 8.70. The lowest BCUT2D eigenvalue weighted by atomic mass is 9.98. The lowest BCUT2D eigenvalue weighted by molar-refractivity contribution is 0.0675. The van der Waals surface area contributed by atoms with Gasteiger partial charge in [-0.1, -0.05) is 34.1 Å². The van der Waals surface area contributed by atoms with Crippen LogP contribution in [0, 0.1) is 5.92 Å². The van der Waals surface area contributed by atoms with Crippen LogP contribution in [0.2, 0.25) is 0 Å². The molecule has 1 aliphatic heterocycles. The van der Waals surface area contributed by atoms with E-state index in [2.05, 4.69) is 20.8 Å². The lowest BCUT2D eigenvalue weighted by Crippen LogP contribution is -2.39. The molecule has 0 spiro atoms. The number of halogens is 1. The Hall–Kier alpha value is -0.420. The van der Waals surface area contributed by atoms with Crippen LogP contribution in [0.1, 0.15) is 24.5 Å². The van der Waals surface area contributed by atoms with Crippen LogP contribution in [0.4, 0.5) is 0 Å². The predicted molar refractivity (Wildman–Crippen MR) is 75.4 cm³/mol. The zero-order chi connectivity index (χ0) is 13.0. The van der Waals surface area contributed by atoms with E-state index in [1.807, 2.05) is 24.3 Å². The van der Waals surface area contributed by atoms with Gasteiger partial charge in [-0.05, 0) is 36.9 Å². The van der Waals surface area contributed by atoms with E-state index in [0.717, 1.165) is 36.0 Å². The molecule has 0 amide bonds. The number of rotatable bonds is 4. The van der Waals surface area contributed by atoms with Gasteiger partial charge in [0.25, 0.3) is 0 Å². The Morgan fingerprint density at radius 2 is 2.17 bits per heavy atom. The molecule has 3 nitrogen and oxygen atoms in total. The SMILES string of the molecule is OCC1CCCN(CC(O)c2ccccc2Br)C1. The summed E-state index contributed by atoms with van der Waals surface area (Å²) >= 11 is 3.47. The first-order valence-electron chi connectivity index (χ1n) is 6.46. The molecular formula is C14H20BrNO2. The van der Waals surface area contributed by atoms with Crippen molar-refractivity contribution in [3.05, 3.63) is 34.3 Å². The van der Waals surface area contributed by atoms with Crippen LogP contribution in [-0.4, -0.2) is 41.4 Å². The van der Waals surface area contributed by atoms with Gasteiger partial charge < -0.3 is 15.1 Å². The molecule has 1 heterocycles. The molecule has 2 unspecified atom stereocenters. The normalized spacial score (nSPS) is 22.9. The van der Waals surface area contributed by atoms with Gasteiger partial charge in [0.2, 0.25) is 0 Å². The van der Waals surface area contributed by atoms with Gasteiger partial charge in [-0.15, -0.1) is 0 Å². The number of aliphatic hydroxyl groups excluding tert-OH is 2. The second-order valence-corrected chi connectivity index (χ2v) is 5.84. The third-order valence-corrected chi connectivity index (χ3v) is 4.28. The second kappa shape index (κ2) is 6.66. The number of piperidine rings is 1. The van der Waals surface area contributed by atoms with Crippen molar-refractivity contribution in [1.29, 1.82) is 0 Å². The van der Waals surface area contributed by atoms with Crippen LogP contribution in [-0.2, 0) is 0 Å². The summed E-state index contributed by atoms with van der Waals surface area (Å²) in [6.45, 7) is 2.79. The summed E-state index contributed by atoms with van der Waals surface area (Å²) in [7, 11) is 0. The third kappa shape index (κ3) is 3.54. The quantitative estimate of drug-likeness (QED) is 0.895. The number of aliphatic hydroxyl groups is 2. The maximum absolute atomic E-state index is 10.3. The fraction of sp³-hybridized carbons (Fsp3) is 0.571. The van der Waals surface area contributed by atoms with Gasteiger partial charge in [0.05, 0.1) is 6.10 Å². The summed E-state index contributed by atoms with van der Waals surface area (Å²) < 4.78 is 0.952. The van der Waals surface area contributed by atoms with E-state index in [9.17, 15) is 10.2 Å². The number of nitrogens with zero attached hydrogens (tertiary/aromatic N) is 1. The first-order valence-corrected chi connectivity index (χ1v) is 7.25. The molecule has 1 fully saturated rings. The van der Waals surface area contributed by atoms with E-state index in [0.29, 0.717) is 12.5 Å². The number of hydrogen-bond donors (Lipinski definition) is 2. The second-order valence-electron chi connectivity index (χ2n) is 4.99. The first kappa shape index (κ1) is 14.0. The summed E-state index contributed by atoms with van der Waals surface area (Å²) in [5, 5.41) is 19.5. The zero-order valence-corrected chi connectivity index (χ0v) is 12.0. The topological polar surface area (TPSA) is 43.7 Å². The molecule has 0 radical (unpaired) electrons. The minimum absolute atomic E-state index is 0.252. The molecule has 1 saturated heterocycles. The molecule has 0 bridgehead atoms. The van der Waals surface area contributed by atoms with E-state index >= 15 is 0 Å². The minimum Gasteiger partial charge on any atom is -0.396 e. The molecule has 0 aromatic heterocycles. The predicted octanol–water partition coefficient (Wildman–Crippen LogP) is 2.19. The lowest BCUT2D eigenvalue weighted by Gasteiger charge is -2.33. The molecule has 2 rings (SSSR count). The van der Waals surface area contributed by atoms with Crippen molar-refractivity contribution in [3.8, 4) is 0 Å². The summed E-state index contributed by atoms with van der Waals surface area (Å²) in [4.78, 5) is 2.24. The van der Waals surface area contributed by atoms with E-state index in [1.165, 1.54) is 0 Å². The fourth-order valence-electron chi connectivity index (χ4n) is 2.55. The Bertz CT molecular complexity index is 386. The molecule has 0 saturated carbocycles. The van der Waals surface area contributed by atoms with Gasteiger partial charge >= 0.3 is 0 Å². The van der Waals surface area contributed by atoms with E-state index in [-0.39, 0.29) is 6.61 Å². The third-order valence-electron chi connectivity index (χ3n) is 3.56. The van der Waals surface area contributed by atoms with Crippen molar-refractivity contribution < 1.29 is 10.2 Å². The van der Waals surface area contributed by atoms with Gasteiger partial charge in [0, 0.05) is 24.2 Å². The fourth-order valence-corrected chi connectivity index (χ4v) is 3.10. The average molecular weight is 314 g/mol. The highest BCUT2D eigenvalue weighted by molar-refractivity contribution is 9.10. The van der Waals surface area contributed by atoms with Crippen LogP contribution in [0.15, 0.2) is 28.7 Å². The van der Waals surface area contributed by atoms with E-state index in [4.69, 9.17) is 0 Å². The highest BCUT2D eigenvalue weighted by Gasteiger charge is 2.22. The maximum atomic E-state index is 10.3. The molecule has 2 atom stereocenters. The molecule has 4 heteroatoms. The van der Waals surface area contributed by atoms with Crippen LogP contribution in [0.25, 0.3) is 0 Å². The Morgan fingerprint density at radius 3 is 2.89 bits per heavy atom. The monoisotopic (exact) mass is 313 g/mol. The van der Waals surface area contributed by atoms with Crippen LogP contribution >= 0.6 is 15.9 Å². The Labute approximate surface area is 117 Å². The van der Waals surface area contributed by atoms with Gasteiger partial charge in [-0.3, -0.25) is 0 Å². The number of hydrogen-bond acceptors (Lipinski definition) is 3. The smallest absolute Gasteiger partial charge is 0.0927 e. The van der Waals surface area contributed by atoms with Gasteiger partial charge in [-0.25, -0.2) is 0 Å². The Kier molecular flexibility index (Phi) is 5.18. The highest BCUT2D eigenvalue weighted by Crippen LogP contribution is 2.25. The van der Waals surface area contributed by atoms with Crippen molar-refractivity contribution >= 4 is 15.9 Å². The van der Waals surface area contributed by atoms with Gasteiger partial charge in [0.15, 0.2) is 0 Å². The Balaban J connectivity index is 1.95. The highest BCUT2D eigenvalue weighted by atomic mass is 79.9. The largest absolute Gasteiger partial charge is 0.396 e. The van der Waals surface area contributed by atoms with E-state index < -0.39 is 6.10 Å².